The minimum Gasteiger partial charge on any atom is -0.247 e. The molecular formula is C51H31N3S. The van der Waals surface area contributed by atoms with Gasteiger partial charge in [-0.05, 0) is 56.9 Å². The summed E-state index contributed by atoms with van der Waals surface area (Å²) in [6.07, 6.45) is 0. The topological polar surface area (TPSA) is 38.7 Å². The van der Waals surface area contributed by atoms with Crippen LogP contribution in [-0.2, 0) is 0 Å². The smallest absolute Gasteiger partial charge is 0.160 e. The number of hydrogen-bond acceptors (Lipinski definition) is 4. The third-order valence-electron chi connectivity index (χ3n) is 10.7. The standard InChI is InChI=1S/C51H31N3S/c1-3-14-33(15-4-1)44-31-45(34-16-5-2-6-17-34)54-51(53-44)35-28-26-32(27-29-35)38-23-13-24-43-47(38)50-48(41-22-11-12-25-46(41)55-50)49(52-43)42-30-36-18-7-8-19-37(36)39-20-9-10-21-40(39)42/h1-31H. The van der Waals surface area contributed by atoms with E-state index in [1.165, 1.54) is 47.1 Å². The van der Waals surface area contributed by atoms with Crippen LogP contribution < -0.4 is 0 Å². The van der Waals surface area contributed by atoms with E-state index in [0.29, 0.717) is 5.82 Å². The maximum atomic E-state index is 5.57. The molecule has 0 amide bonds. The fraction of sp³-hybridized carbons (Fsp3) is 0. The van der Waals surface area contributed by atoms with Gasteiger partial charge in [-0.1, -0.05) is 164 Å². The SMILES string of the molecule is c1ccc(-c2cc(-c3ccccc3)nc(-c3ccc(-c4cccc5nc(-c6cc7ccccc7c7ccccc67)c6c7ccccc7sc6c45)cc3)n2)cc1. The molecule has 0 aliphatic carbocycles. The van der Waals surface area contributed by atoms with E-state index >= 15 is 0 Å². The predicted octanol–water partition coefficient (Wildman–Crippen LogP) is 14.0. The van der Waals surface area contributed by atoms with Crippen LogP contribution in [0.15, 0.2) is 188 Å². The second kappa shape index (κ2) is 12.8. The second-order valence-corrected chi connectivity index (χ2v) is 15.0. The molecule has 0 unspecified atom stereocenters. The normalized spacial score (nSPS) is 11.6. The molecule has 11 aromatic rings. The molecule has 0 aliphatic heterocycles. The molecule has 0 bridgehead atoms. The van der Waals surface area contributed by atoms with Crippen molar-refractivity contribution < 1.29 is 0 Å². The van der Waals surface area contributed by atoms with Crippen LogP contribution >= 0.6 is 11.3 Å². The maximum Gasteiger partial charge on any atom is 0.160 e. The van der Waals surface area contributed by atoms with Crippen molar-refractivity contribution in [1.29, 1.82) is 0 Å². The zero-order chi connectivity index (χ0) is 36.3. The van der Waals surface area contributed by atoms with Crippen LogP contribution in [0, 0.1) is 0 Å². The molecule has 0 aliphatic rings. The van der Waals surface area contributed by atoms with E-state index in [2.05, 4.69) is 152 Å². The molecule has 0 radical (unpaired) electrons. The molecule has 0 atom stereocenters. The number of thiophene rings is 1. The van der Waals surface area contributed by atoms with Crippen molar-refractivity contribution in [3.63, 3.8) is 0 Å². The Morgan fingerprint density at radius 2 is 0.964 bits per heavy atom. The Balaban J connectivity index is 1.10. The molecule has 3 aromatic heterocycles. The van der Waals surface area contributed by atoms with Gasteiger partial charge < -0.3 is 0 Å². The van der Waals surface area contributed by atoms with E-state index in [-0.39, 0.29) is 0 Å². The lowest BCUT2D eigenvalue weighted by Crippen LogP contribution is -1.96. The molecule has 0 saturated carbocycles. The lowest BCUT2D eigenvalue weighted by molar-refractivity contribution is 1.18. The fourth-order valence-corrected chi connectivity index (χ4v) is 9.35. The Morgan fingerprint density at radius 1 is 0.364 bits per heavy atom. The van der Waals surface area contributed by atoms with Crippen molar-refractivity contribution in [2.24, 2.45) is 0 Å². The van der Waals surface area contributed by atoms with Crippen LogP contribution in [0.3, 0.4) is 0 Å². The molecule has 11 rings (SSSR count). The van der Waals surface area contributed by atoms with Gasteiger partial charge in [0.15, 0.2) is 5.82 Å². The molecule has 3 heterocycles. The molecule has 55 heavy (non-hydrogen) atoms. The van der Waals surface area contributed by atoms with Crippen LogP contribution in [0.1, 0.15) is 0 Å². The Labute approximate surface area is 321 Å². The van der Waals surface area contributed by atoms with Crippen LogP contribution in [0.25, 0.3) is 109 Å². The number of nitrogens with zero attached hydrogens (tertiary/aromatic N) is 3. The van der Waals surface area contributed by atoms with Crippen molar-refractivity contribution >= 4 is 64.0 Å². The predicted molar refractivity (Wildman–Crippen MR) is 232 cm³/mol. The van der Waals surface area contributed by atoms with E-state index in [4.69, 9.17) is 15.0 Å². The van der Waals surface area contributed by atoms with Crippen molar-refractivity contribution in [3.05, 3.63) is 188 Å². The van der Waals surface area contributed by atoms with E-state index in [0.717, 1.165) is 56.0 Å². The molecule has 0 N–H and O–H groups in total. The average molecular weight is 718 g/mol. The number of aromatic nitrogens is 3. The molecule has 0 fully saturated rings. The van der Waals surface area contributed by atoms with Crippen LogP contribution in [0.4, 0.5) is 0 Å². The van der Waals surface area contributed by atoms with E-state index in [9.17, 15) is 0 Å². The van der Waals surface area contributed by atoms with Gasteiger partial charge in [0.25, 0.3) is 0 Å². The van der Waals surface area contributed by atoms with Gasteiger partial charge in [-0.15, -0.1) is 11.3 Å². The number of pyridine rings is 1. The first-order valence-corrected chi connectivity index (χ1v) is 19.3. The van der Waals surface area contributed by atoms with Gasteiger partial charge in [0.05, 0.1) is 22.6 Å². The Bertz CT molecular complexity index is 3180. The van der Waals surface area contributed by atoms with E-state index in [1.807, 2.05) is 47.7 Å². The first-order chi connectivity index (χ1) is 27.3. The lowest BCUT2D eigenvalue weighted by atomic mass is 9.92. The molecule has 3 nitrogen and oxygen atoms in total. The minimum absolute atomic E-state index is 0.700. The summed E-state index contributed by atoms with van der Waals surface area (Å²) in [5.41, 5.74) is 10.3. The van der Waals surface area contributed by atoms with Crippen molar-refractivity contribution in [1.82, 2.24) is 15.0 Å². The average Bonchev–Trinajstić information content (AvgIpc) is 3.66. The highest BCUT2D eigenvalue weighted by Crippen LogP contribution is 2.47. The molecule has 256 valence electrons. The summed E-state index contributed by atoms with van der Waals surface area (Å²) in [4.78, 5) is 15.7. The summed E-state index contributed by atoms with van der Waals surface area (Å²) in [5.74, 6) is 0.700. The summed E-state index contributed by atoms with van der Waals surface area (Å²) in [7, 11) is 0. The zero-order valence-corrected chi connectivity index (χ0v) is 30.5. The van der Waals surface area contributed by atoms with Gasteiger partial charge in [-0.2, -0.15) is 0 Å². The summed E-state index contributed by atoms with van der Waals surface area (Å²) >= 11 is 1.86. The monoisotopic (exact) mass is 717 g/mol. The summed E-state index contributed by atoms with van der Waals surface area (Å²) in [6.45, 7) is 0. The summed E-state index contributed by atoms with van der Waals surface area (Å²) in [6, 6.07) is 66.5. The van der Waals surface area contributed by atoms with Gasteiger partial charge in [-0.3, -0.25) is 0 Å². The van der Waals surface area contributed by atoms with Gasteiger partial charge >= 0.3 is 0 Å². The highest BCUT2D eigenvalue weighted by Gasteiger charge is 2.21. The van der Waals surface area contributed by atoms with Gasteiger partial charge in [0.2, 0.25) is 0 Å². The molecule has 0 saturated heterocycles. The Hall–Kier alpha value is -7.01. The Kier molecular flexibility index (Phi) is 7.35. The molecule has 0 spiro atoms. The first kappa shape index (κ1) is 31.5. The van der Waals surface area contributed by atoms with E-state index < -0.39 is 0 Å². The summed E-state index contributed by atoms with van der Waals surface area (Å²) in [5, 5.41) is 8.55. The van der Waals surface area contributed by atoms with Crippen molar-refractivity contribution in [2.45, 2.75) is 0 Å². The molecule has 4 heteroatoms. The van der Waals surface area contributed by atoms with Crippen LogP contribution in [-0.4, -0.2) is 15.0 Å². The van der Waals surface area contributed by atoms with Gasteiger partial charge in [0, 0.05) is 47.8 Å². The zero-order valence-electron chi connectivity index (χ0n) is 29.6. The highest BCUT2D eigenvalue weighted by atomic mass is 32.1. The third-order valence-corrected chi connectivity index (χ3v) is 11.9. The Morgan fingerprint density at radius 3 is 1.69 bits per heavy atom. The van der Waals surface area contributed by atoms with Gasteiger partial charge in [-0.25, -0.2) is 15.0 Å². The number of fused-ring (bicyclic) bond motifs is 8. The van der Waals surface area contributed by atoms with Crippen molar-refractivity contribution in [3.8, 4) is 56.3 Å². The lowest BCUT2D eigenvalue weighted by Gasteiger charge is -2.15. The second-order valence-electron chi connectivity index (χ2n) is 13.9. The quantitative estimate of drug-likeness (QED) is 0.166. The highest BCUT2D eigenvalue weighted by molar-refractivity contribution is 7.26. The first-order valence-electron chi connectivity index (χ1n) is 18.5. The van der Waals surface area contributed by atoms with Crippen LogP contribution in [0.2, 0.25) is 0 Å². The fourth-order valence-electron chi connectivity index (χ4n) is 8.08. The molecular weight excluding hydrogens is 687 g/mol. The number of rotatable bonds is 5. The van der Waals surface area contributed by atoms with Crippen LogP contribution in [0.5, 0.6) is 0 Å². The largest absolute Gasteiger partial charge is 0.247 e. The third kappa shape index (κ3) is 5.30. The minimum atomic E-state index is 0.700. The summed E-state index contributed by atoms with van der Waals surface area (Å²) < 4.78 is 2.51. The van der Waals surface area contributed by atoms with E-state index in [1.54, 1.807) is 0 Å². The maximum absolute atomic E-state index is 5.57. The molecule has 8 aromatic carbocycles. The number of hydrogen-bond donors (Lipinski definition) is 0. The van der Waals surface area contributed by atoms with Gasteiger partial charge in [0.1, 0.15) is 0 Å². The van der Waals surface area contributed by atoms with Crippen molar-refractivity contribution in [2.75, 3.05) is 0 Å². The number of benzene rings is 8.